The molecule has 18 heavy (non-hydrogen) atoms. The summed E-state index contributed by atoms with van der Waals surface area (Å²) in [5, 5.41) is 9.28. The monoisotopic (exact) mass is 246 g/mol. The van der Waals surface area contributed by atoms with Crippen LogP contribution in [0.5, 0.6) is 0 Å². The molecule has 0 unspecified atom stereocenters. The summed E-state index contributed by atoms with van der Waals surface area (Å²) in [4.78, 5) is 2.30. The SMILES string of the molecule is CC(C)(C)N1C[C@@H](C#N)[C@H](c2cccc(F)c2)C1. The van der Waals surface area contributed by atoms with Crippen LogP contribution in [-0.4, -0.2) is 23.5 Å². The first-order chi connectivity index (χ1) is 8.41. The fourth-order valence-electron chi connectivity index (χ4n) is 2.56. The van der Waals surface area contributed by atoms with Gasteiger partial charge in [0.05, 0.1) is 12.0 Å². The highest BCUT2D eigenvalue weighted by atomic mass is 19.1. The number of nitriles is 1. The normalized spacial score (nSPS) is 25.1. The zero-order chi connectivity index (χ0) is 13.3. The van der Waals surface area contributed by atoms with Crippen LogP contribution in [0.15, 0.2) is 24.3 Å². The Morgan fingerprint density at radius 1 is 1.33 bits per heavy atom. The fraction of sp³-hybridized carbons (Fsp3) is 0.533. The first-order valence-electron chi connectivity index (χ1n) is 6.32. The Kier molecular flexibility index (Phi) is 3.41. The second-order valence-corrected chi connectivity index (χ2v) is 5.97. The van der Waals surface area contributed by atoms with E-state index in [0.29, 0.717) is 0 Å². The standard InChI is InChI=1S/C15H19FN2/c1-15(2,3)18-9-12(8-17)14(10-18)11-5-4-6-13(16)7-11/h4-7,12,14H,9-10H2,1-3H3/t12-,14+/m1/s1. The summed E-state index contributed by atoms with van der Waals surface area (Å²) in [5.74, 6) is -0.158. The number of hydrogen-bond donors (Lipinski definition) is 0. The first kappa shape index (κ1) is 13.0. The highest BCUT2D eigenvalue weighted by molar-refractivity contribution is 5.25. The van der Waals surface area contributed by atoms with Crippen LogP contribution in [0.4, 0.5) is 4.39 Å². The summed E-state index contributed by atoms with van der Waals surface area (Å²) >= 11 is 0. The first-order valence-corrected chi connectivity index (χ1v) is 6.32. The van der Waals surface area contributed by atoms with Gasteiger partial charge in [0.2, 0.25) is 0 Å². The van der Waals surface area contributed by atoms with E-state index in [1.165, 1.54) is 6.07 Å². The Labute approximate surface area is 108 Å². The van der Waals surface area contributed by atoms with E-state index >= 15 is 0 Å². The summed E-state index contributed by atoms with van der Waals surface area (Å²) in [6, 6.07) is 9.01. The maximum Gasteiger partial charge on any atom is 0.123 e. The van der Waals surface area contributed by atoms with Gasteiger partial charge in [-0.2, -0.15) is 5.26 Å². The van der Waals surface area contributed by atoms with E-state index in [-0.39, 0.29) is 23.2 Å². The van der Waals surface area contributed by atoms with Crippen molar-refractivity contribution in [1.82, 2.24) is 4.90 Å². The van der Waals surface area contributed by atoms with Crippen molar-refractivity contribution in [2.24, 2.45) is 5.92 Å². The number of nitrogens with zero attached hydrogens (tertiary/aromatic N) is 2. The van der Waals surface area contributed by atoms with E-state index in [9.17, 15) is 9.65 Å². The lowest BCUT2D eigenvalue weighted by Gasteiger charge is -2.31. The van der Waals surface area contributed by atoms with Gasteiger partial charge in [-0.1, -0.05) is 12.1 Å². The van der Waals surface area contributed by atoms with Gasteiger partial charge in [0.25, 0.3) is 0 Å². The maximum absolute atomic E-state index is 13.3. The van der Waals surface area contributed by atoms with Crippen molar-refractivity contribution in [1.29, 1.82) is 5.26 Å². The van der Waals surface area contributed by atoms with Crippen molar-refractivity contribution in [3.63, 3.8) is 0 Å². The van der Waals surface area contributed by atoms with E-state index in [1.807, 2.05) is 6.07 Å². The lowest BCUT2D eigenvalue weighted by Crippen LogP contribution is -2.39. The van der Waals surface area contributed by atoms with Crippen LogP contribution in [0.25, 0.3) is 0 Å². The number of likely N-dealkylation sites (tertiary alicyclic amines) is 1. The van der Waals surface area contributed by atoms with Gasteiger partial charge >= 0.3 is 0 Å². The van der Waals surface area contributed by atoms with E-state index < -0.39 is 0 Å². The average molecular weight is 246 g/mol. The number of halogens is 1. The topological polar surface area (TPSA) is 27.0 Å². The van der Waals surface area contributed by atoms with Gasteiger partial charge in [0, 0.05) is 24.5 Å². The lowest BCUT2D eigenvalue weighted by molar-refractivity contribution is 0.170. The highest BCUT2D eigenvalue weighted by Gasteiger charge is 2.38. The molecule has 96 valence electrons. The van der Waals surface area contributed by atoms with Gasteiger partial charge in [-0.3, -0.25) is 4.90 Å². The molecule has 1 heterocycles. The molecule has 0 bridgehead atoms. The molecule has 2 nitrogen and oxygen atoms in total. The van der Waals surface area contributed by atoms with Gasteiger partial charge in [-0.05, 0) is 38.5 Å². The third-order valence-corrected chi connectivity index (χ3v) is 3.71. The summed E-state index contributed by atoms with van der Waals surface area (Å²) in [7, 11) is 0. The highest BCUT2D eigenvalue weighted by Crippen LogP contribution is 2.35. The second kappa shape index (κ2) is 4.70. The molecule has 2 rings (SSSR count). The van der Waals surface area contributed by atoms with Crippen LogP contribution >= 0.6 is 0 Å². The Morgan fingerprint density at radius 2 is 2.06 bits per heavy atom. The van der Waals surface area contributed by atoms with Crippen LogP contribution in [0, 0.1) is 23.1 Å². The second-order valence-electron chi connectivity index (χ2n) is 5.97. The molecule has 0 saturated carbocycles. The molecule has 0 radical (unpaired) electrons. The molecule has 1 aliphatic rings. The Hall–Kier alpha value is -1.40. The minimum Gasteiger partial charge on any atom is -0.297 e. The Balaban J connectivity index is 2.26. The predicted octanol–water partition coefficient (Wildman–Crippen LogP) is 3.16. The zero-order valence-corrected chi connectivity index (χ0v) is 11.2. The van der Waals surface area contributed by atoms with Crippen molar-refractivity contribution in [2.75, 3.05) is 13.1 Å². The average Bonchev–Trinajstić information content (AvgIpc) is 2.72. The van der Waals surface area contributed by atoms with Gasteiger partial charge in [0.15, 0.2) is 0 Å². The molecule has 1 aromatic rings. The molecule has 0 spiro atoms. The molecule has 0 N–H and O–H groups in total. The minimum atomic E-state index is -0.224. The molecule has 1 aromatic carbocycles. The van der Waals surface area contributed by atoms with Crippen LogP contribution in [0.1, 0.15) is 32.3 Å². The van der Waals surface area contributed by atoms with Crippen LogP contribution in [-0.2, 0) is 0 Å². The molecule has 1 fully saturated rings. The summed E-state index contributed by atoms with van der Waals surface area (Å²) < 4.78 is 13.3. The number of hydrogen-bond acceptors (Lipinski definition) is 2. The summed E-state index contributed by atoms with van der Waals surface area (Å²) in [6.45, 7) is 8.03. The molecular weight excluding hydrogens is 227 g/mol. The van der Waals surface area contributed by atoms with Crippen LogP contribution in [0.3, 0.4) is 0 Å². The third kappa shape index (κ3) is 2.54. The van der Waals surface area contributed by atoms with Gasteiger partial charge < -0.3 is 0 Å². The quantitative estimate of drug-likeness (QED) is 0.761. The van der Waals surface area contributed by atoms with Crippen molar-refractivity contribution in [3.05, 3.63) is 35.6 Å². The maximum atomic E-state index is 13.3. The largest absolute Gasteiger partial charge is 0.297 e. The fourth-order valence-corrected chi connectivity index (χ4v) is 2.56. The molecule has 1 saturated heterocycles. The number of rotatable bonds is 1. The van der Waals surface area contributed by atoms with Crippen molar-refractivity contribution >= 4 is 0 Å². The van der Waals surface area contributed by atoms with E-state index in [2.05, 4.69) is 31.7 Å². The Bertz CT molecular complexity index is 470. The molecular formula is C15H19FN2. The van der Waals surface area contributed by atoms with Crippen LogP contribution < -0.4 is 0 Å². The number of benzene rings is 1. The zero-order valence-electron chi connectivity index (χ0n) is 11.2. The summed E-state index contributed by atoms with van der Waals surface area (Å²) in [5.41, 5.74) is 0.991. The molecule has 1 aliphatic heterocycles. The smallest absolute Gasteiger partial charge is 0.123 e. The molecule has 2 atom stereocenters. The van der Waals surface area contributed by atoms with E-state index in [4.69, 9.17) is 0 Å². The van der Waals surface area contributed by atoms with E-state index in [0.717, 1.165) is 18.7 Å². The Morgan fingerprint density at radius 3 is 2.61 bits per heavy atom. The van der Waals surface area contributed by atoms with Crippen LogP contribution in [0.2, 0.25) is 0 Å². The van der Waals surface area contributed by atoms with Gasteiger partial charge in [-0.25, -0.2) is 4.39 Å². The van der Waals surface area contributed by atoms with Crippen molar-refractivity contribution < 1.29 is 4.39 Å². The molecule has 0 aromatic heterocycles. The molecule has 0 aliphatic carbocycles. The van der Waals surface area contributed by atoms with Gasteiger partial charge in [0.1, 0.15) is 5.82 Å². The minimum absolute atomic E-state index is 0.0500. The van der Waals surface area contributed by atoms with E-state index in [1.54, 1.807) is 12.1 Å². The molecule has 3 heteroatoms. The third-order valence-electron chi connectivity index (χ3n) is 3.71. The summed E-state index contributed by atoms with van der Waals surface area (Å²) in [6.07, 6.45) is 0. The molecule has 0 amide bonds. The van der Waals surface area contributed by atoms with Crippen molar-refractivity contribution in [3.8, 4) is 6.07 Å². The van der Waals surface area contributed by atoms with Gasteiger partial charge in [-0.15, -0.1) is 0 Å². The predicted molar refractivity (Wildman–Crippen MR) is 69.6 cm³/mol. The van der Waals surface area contributed by atoms with Crippen molar-refractivity contribution in [2.45, 2.75) is 32.2 Å². The lowest BCUT2D eigenvalue weighted by atomic mass is 9.90.